The standard InChI is InChI=1S/C22H21N5O2/c1-15-8-9-18(11-23-15)12-24-19-10-20(28)27(22-21(19)16(2)25-14-26-22)29-13-17-6-4-3-5-7-17/h3-11,14,24H,12-13H2,1-2H3. The zero-order chi connectivity index (χ0) is 20.2. The lowest BCUT2D eigenvalue weighted by Crippen LogP contribution is -2.28. The van der Waals surface area contributed by atoms with Crippen molar-refractivity contribution in [3.63, 3.8) is 0 Å². The maximum absolute atomic E-state index is 12.8. The summed E-state index contributed by atoms with van der Waals surface area (Å²) in [6.45, 7) is 4.63. The Balaban J connectivity index is 1.67. The monoisotopic (exact) mass is 387 g/mol. The number of benzene rings is 1. The van der Waals surface area contributed by atoms with Crippen molar-refractivity contribution in [2.75, 3.05) is 5.32 Å². The van der Waals surface area contributed by atoms with E-state index in [0.717, 1.165) is 27.9 Å². The first kappa shape index (κ1) is 18.6. The van der Waals surface area contributed by atoms with E-state index in [4.69, 9.17) is 4.84 Å². The van der Waals surface area contributed by atoms with Gasteiger partial charge in [0.05, 0.1) is 16.8 Å². The van der Waals surface area contributed by atoms with Crippen molar-refractivity contribution in [3.8, 4) is 0 Å². The van der Waals surface area contributed by atoms with Crippen LogP contribution >= 0.6 is 0 Å². The van der Waals surface area contributed by atoms with E-state index in [9.17, 15) is 4.79 Å². The molecule has 0 aliphatic rings. The van der Waals surface area contributed by atoms with Crippen LogP contribution in [-0.4, -0.2) is 19.7 Å². The molecular formula is C22H21N5O2. The van der Waals surface area contributed by atoms with Gasteiger partial charge in [0.25, 0.3) is 5.56 Å². The summed E-state index contributed by atoms with van der Waals surface area (Å²) in [7, 11) is 0. The summed E-state index contributed by atoms with van der Waals surface area (Å²) < 4.78 is 1.23. The highest BCUT2D eigenvalue weighted by Gasteiger charge is 2.14. The third-order valence-electron chi connectivity index (χ3n) is 4.61. The highest BCUT2D eigenvalue weighted by Crippen LogP contribution is 2.22. The largest absolute Gasteiger partial charge is 0.404 e. The molecule has 4 aromatic rings. The summed E-state index contributed by atoms with van der Waals surface area (Å²) in [6, 6.07) is 15.2. The van der Waals surface area contributed by atoms with Crippen LogP contribution in [0.15, 0.2) is 65.8 Å². The second-order valence-corrected chi connectivity index (χ2v) is 6.77. The van der Waals surface area contributed by atoms with E-state index in [1.165, 1.54) is 17.1 Å². The van der Waals surface area contributed by atoms with E-state index in [-0.39, 0.29) is 12.2 Å². The van der Waals surface area contributed by atoms with Gasteiger partial charge in [-0.15, -0.1) is 4.73 Å². The number of hydrogen-bond donors (Lipinski definition) is 1. The van der Waals surface area contributed by atoms with Crippen LogP contribution in [0.1, 0.15) is 22.5 Å². The number of nitrogens with zero attached hydrogens (tertiary/aromatic N) is 4. The van der Waals surface area contributed by atoms with Gasteiger partial charge in [0.1, 0.15) is 12.9 Å². The average Bonchev–Trinajstić information content (AvgIpc) is 2.73. The van der Waals surface area contributed by atoms with Crippen molar-refractivity contribution in [1.29, 1.82) is 0 Å². The molecule has 1 N–H and O–H groups in total. The van der Waals surface area contributed by atoms with Gasteiger partial charge >= 0.3 is 0 Å². The molecule has 7 heteroatoms. The van der Waals surface area contributed by atoms with Gasteiger partial charge in [0.2, 0.25) is 0 Å². The number of hydrogen-bond acceptors (Lipinski definition) is 6. The number of aromatic nitrogens is 4. The summed E-state index contributed by atoms with van der Waals surface area (Å²) in [5.74, 6) is 0. The molecule has 0 aliphatic heterocycles. The summed E-state index contributed by atoms with van der Waals surface area (Å²) in [4.78, 5) is 31.5. The normalized spacial score (nSPS) is 10.8. The van der Waals surface area contributed by atoms with Gasteiger partial charge in [0.15, 0.2) is 5.65 Å². The lowest BCUT2D eigenvalue weighted by molar-refractivity contribution is 0.0979. The van der Waals surface area contributed by atoms with Gasteiger partial charge in [0, 0.05) is 24.5 Å². The Morgan fingerprint density at radius 2 is 1.83 bits per heavy atom. The molecule has 0 saturated carbocycles. The fraction of sp³-hybridized carbons (Fsp3) is 0.182. The third kappa shape index (κ3) is 4.08. The molecule has 7 nitrogen and oxygen atoms in total. The number of aryl methyl sites for hydroxylation is 2. The topological polar surface area (TPSA) is 81.9 Å². The van der Waals surface area contributed by atoms with E-state index >= 15 is 0 Å². The number of anilines is 1. The van der Waals surface area contributed by atoms with Gasteiger partial charge in [-0.25, -0.2) is 9.97 Å². The molecule has 29 heavy (non-hydrogen) atoms. The molecular weight excluding hydrogens is 366 g/mol. The Kier molecular flexibility index (Phi) is 5.20. The molecule has 0 radical (unpaired) electrons. The summed E-state index contributed by atoms with van der Waals surface area (Å²) in [6.07, 6.45) is 3.26. The molecule has 0 unspecified atom stereocenters. The van der Waals surface area contributed by atoms with Gasteiger partial charge in [-0.1, -0.05) is 36.4 Å². The average molecular weight is 387 g/mol. The maximum atomic E-state index is 12.8. The minimum absolute atomic E-state index is 0.265. The second-order valence-electron chi connectivity index (χ2n) is 6.77. The van der Waals surface area contributed by atoms with Gasteiger partial charge in [-0.3, -0.25) is 9.78 Å². The zero-order valence-electron chi connectivity index (χ0n) is 16.3. The van der Waals surface area contributed by atoms with Crippen molar-refractivity contribution in [2.45, 2.75) is 27.0 Å². The SMILES string of the molecule is Cc1ccc(CNc2cc(=O)n(OCc3ccccc3)c3ncnc(C)c23)cn1. The van der Waals surface area contributed by atoms with Gasteiger partial charge in [-0.05, 0) is 31.0 Å². The van der Waals surface area contributed by atoms with Gasteiger partial charge < -0.3 is 10.2 Å². The Bertz CT molecular complexity index is 1190. The number of fused-ring (bicyclic) bond motifs is 1. The molecule has 0 aliphatic carbocycles. The molecule has 0 bridgehead atoms. The number of rotatable bonds is 6. The molecule has 0 amide bonds. The number of pyridine rings is 2. The minimum Gasteiger partial charge on any atom is -0.404 e. The lowest BCUT2D eigenvalue weighted by atomic mass is 10.2. The van der Waals surface area contributed by atoms with Crippen molar-refractivity contribution < 1.29 is 4.84 Å². The second kappa shape index (κ2) is 8.10. The van der Waals surface area contributed by atoms with E-state index in [1.54, 1.807) is 0 Å². The summed E-state index contributed by atoms with van der Waals surface area (Å²) >= 11 is 0. The van der Waals surface area contributed by atoms with Gasteiger partial charge in [-0.2, -0.15) is 0 Å². The van der Waals surface area contributed by atoms with Crippen LogP contribution in [0.25, 0.3) is 11.0 Å². The Morgan fingerprint density at radius 3 is 2.59 bits per heavy atom. The first-order valence-corrected chi connectivity index (χ1v) is 9.32. The van der Waals surface area contributed by atoms with Crippen LogP contribution in [0.5, 0.6) is 0 Å². The minimum atomic E-state index is -0.295. The zero-order valence-corrected chi connectivity index (χ0v) is 16.3. The van der Waals surface area contributed by atoms with Crippen molar-refractivity contribution >= 4 is 16.7 Å². The predicted molar refractivity (Wildman–Crippen MR) is 112 cm³/mol. The highest BCUT2D eigenvalue weighted by atomic mass is 16.7. The van der Waals surface area contributed by atoms with Crippen LogP contribution in [0.3, 0.4) is 0 Å². The van der Waals surface area contributed by atoms with E-state index in [0.29, 0.717) is 17.9 Å². The van der Waals surface area contributed by atoms with Crippen LogP contribution in [0.2, 0.25) is 0 Å². The molecule has 0 spiro atoms. The lowest BCUT2D eigenvalue weighted by Gasteiger charge is -2.15. The van der Waals surface area contributed by atoms with E-state index < -0.39 is 0 Å². The molecule has 0 atom stereocenters. The Morgan fingerprint density at radius 1 is 1.00 bits per heavy atom. The molecule has 0 saturated heterocycles. The van der Waals surface area contributed by atoms with Crippen LogP contribution in [0, 0.1) is 13.8 Å². The highest BCUT2D eigenvalue weighted by molar-refractivity contribution is 5.90. The fourth-order valence-electron chi connectivity index (χ4n) is 3.07. The first-order valence-electron chi connectivity index (χ1n) is 9.32. The predicted octanol–water partition coefficient (Wildman–Crippen LogP) is 3.04. The molecule has 0 fully saturated rings. The van der Waals surface area contributed by atoms with Crippen molar-refractivity contribution in [1.82, 2.24) is 19.7 Å². The molecule has 3 aromatic heterocycles. The van der Waals surface area contributed by atoms with Crippen LogP contribution in [0.4, 0.5) is 5.69 Å². The third-order valence-corrected chi connectivity index (χ3v) is 4.61. The van der Waals surface area contributed by atoms with Crippen LogP contribution in [-0.2, 0) is 13.2 Å². The van der Waals surface area contributed by atoms with E-state index in [2.05, 4.69) is 20.3 Å². The van der Waals surface area contributed by atoms with Crippen molar-refractivity contribution in [2.24, 2.45) is 0 Å². The quantitative estimate of drug-likeness (QED) is 0.548. The summed E-state index contributed by atoms with van der Waals surface area (Å²) in [5, 5.41) is 4.07. The Hall–Kier alpha value is -3.74. The maximum Gasteiger partial charge on any atom is 0.287 e. The number of nitrogens with one attached hydrogen (secondary N) is 1. The van der Waals surface area contributed by atoms with Crippen molar-refractivity contribution in [3.05, 3.63) is 93.9 Å². The van der Waals surface area contributed by atoms with E-state index in [1.807, 2.05) is 62.5 Å². The first-order chi connectivity index (χ1) is 14.1. The smallest absolute Gasteiger partial charge is 0.287 e. The molecule has 1 aromatic carbocycles. The summed E-state index contributed by atoms with van der Waals surface area (Å²) in [5.41, 5.74) is 4.51. The fourth-order valence-corrected chi connectivity index (χ4v) is 3.07. The molecule has 3 heterocycles. The molecule has 146 valence electrons. The van der Waals surface area contributed by atoms with Crippen LogP contribution < -0.4 is 15.7 Å². The Labute approximate surface area is 168 Å². The molecule has 4 rings (SSSR count).